The first-order valence-electron chi connectivity index (χ1n) is 9.45. The molecule has 2 aliphatic rings. The van der Waals surface area contributed by atoms with Gasteiger partial charge in [0.1, 0.15) is 5.75 Å². The zero-order chi connectivity index (χ0) is 19.2. The van der Waals surface area contributed by atoms with Crippen LogP contribution in [0.4, 0.5) is 5.69 Å². The Morgan fingerprint density at radius 1 is 1.33 bits per heavy atom. The number of carbonyl (C=O) groups excluding carboxylic acids is 2. The number of methoxy groups -OCH3 is 1. The Hall–Kier alpha value is -2.12. The van der Waals surface area contributed by atoms with Gasteiger partial charge < -0.3 is 23.8 Å². The number of carbonyl (C=O) groups is 2. The van der Waals surface area contributed by atoms with Crippen molar-refractivity contribution in [1.29, 1.82) is 0 Å². The molecule has 0 N–H and O–H groups in total. The number of fused-ring (bicyclic) bond motifs is 1. The molecule has 0 bridgehead atoms. The number of amides is 1. The number of esters is 1. The third-order valence-corrected chi connectivity index (χ3v) is 4.93. The highest BCUT2D eigenvalue weighted by Crippen LogP contribution is 2.30. The number of hydrogen-bond acceptors (Lipinski definition) is 6. The topological polar surface area (TPSA) is 74.3 Å². The van der Waals surface area contributed by atoms with Crippen molar-refractivity contribution in [3.05, 3.63) is 23.8 Å². The van der Waals surface area contributed by atoms with Crippen LogP contribution in [0.25, 0.3) is 0 Å². The molecular weight excluding hydrogens is 350 g/mol. The van der Waals surface area contributed by atoms with E-state index in [4.69, 9.17) is 18.9 Å². The molecule has 2 unspecified atom stereocenters. The molecule has 2 heterocycles. The molecule has 0 aromatic heterocycles. The summed E-state index contributed by atoms with van der Waals surface area (Å²) in [5, 5.41) is 0. The lowest BCUT2D eigenvalue weighted by atomic mass is 10.0. The molecule has 0 spiro atoms. The van der Waals surface area contributed by atoms with Gasteiger partial charge in [0, 0.05) is 18.8 Å². The summed E-state index contributed by atoms with van der Waals surface area (Å²) in [6.45, 7) is 3.05. The van der Waals surface area contributed by atoms with E-state index in [1.807, 2.05) is 18.2 Å². The highest BCUT2D eigenvalue weighted by molar-refractivity contribution is 5.96. The van der Waals surface area contributed by atoms with Crippen LogP contribution in [0, 0.1) is 0 Å². The van der Waals surface area contributed by atoms with Gasteiger partial charge in [0.25, 0.3) is 5.91 Å². The monoisotopic (exact) mass is 377 g/mol. The fourth-order valence-corrected chi connectivity index (χ4v) is 3.38. The van der Waals surface area contributed by atoms with Gasteiger partial charge in [0.15, 0.2) is 12.7 Å². The molecular formula is C20H27NO6. The second-order valence-corrected chi connectivity index (χ2v) is 6.86. The maximum atomic E-state index is 12.6. The van der Waals surface area contributed by atoms with Crippen LogP contribution in [0.1, 0.15) is 31.7 Å². The van der Waals surface area contributed by atoms with Crippen LogP contribution in [0.5, 0.6) is 5.75 Å². The minimum absolute atomic E-state index is 0.0451. The molecule has 1 aromatic carbocycles. The zero-order valence-corrected chi connectivity index (χ0v) is 15.9. The van der Waals surface area contributed by atoms with Crippen LogP contribution in [0.2, 0.25) is 0 Å². The number of anilines is 1. The van der Waals surface area contributed by atoms with Gasteiger partial charge in [-0.05, 0) is 56.4 Å². The van der Waals surface area contributed by atoms with Gasteiger partial charge >= 0.3 is 5.97 Å². The number of rotatable bonds is 7. The summed E-state index contributed by atoms with van der Waals surface area (Å²) in [5.41, 5.74) is 1.92. The summed E-state index contributed by atoms with van der Waals surface area (Å²) in [7, 11) is 1.62. The smallest absolute Gasteiger partial charge is 0.335 e. The maximum Gasteiger partial charge on any atom is 0.335 e. The highest BCUT2D eigenvalue weighted by Gasteiger charge is 2.25. The lowest BCUT2D eigenvalue weighted by molar-refractivity contribution is -0.160. The van der Waals surface area contributed by atoms with Crippen LogP contribution in [-0.4, -0.2) is 57.6 Å². The molecule has 7 heteroatoms. The molecule has 7 nitrogen and oxygen atoms in total. The van der Waals surface area contributed by atoms with Crippen molar-refractivity contribution >= 4 is 17.6 Å². The van der Waals surface area contributed by atoms with Gasteiger partial charge in [-0.3, -0.25) is 4.79 Å². The van der Waals surface area contributed by atoms with Gasteiger partial charge in [-0.25, -0.2) is 4.79 Å². The predicted octanol–water partition coefficient (Wildman–Crippen LogP) is 2.10. The normalized spacial score (nSPS) is 20.1. The number of ether oxygens (including phenoxy) is 4. The number of nitrogens with zero attached hydrogens (tertiary/aromatic N) is 1. The minimum Gasteiger partial charge on any atom is -0.497 e. The van der Waals surface area contributed by atoms with Crippen molar-refractivity contribution in [3.8, 4) is 5.75 Å². The number of hydrogen-bond donors (Lipinski definition) is 0. The Bertz CT molecular complexity index is 670. The number of benzene rings is 1. The molecule has 1 amide bonds. The van der Waals surface area contributed by atoms with E-state index < -0.39 is 12.1 Å². The van der Waals surface area contributed by atoms with Crippen molar-refractivity contribution in [2.45, 2.75) is 44.8 Å². The Morgan fingerprint density at radius 3 is 2.93 bits per heavy atom. The summed E-state index contributed by atoms with van der Waals surface area (Å²) in [6, 6.07) is 5.65. The van der Waals surface area contributed by atoms with E-state index in [9.17, 15) is 9.59 Å². The molecule has 27 heavy (non-hydrogen) atoms. The summed E-state index contributed by atoms with van der Waals surface area (Å²) >= 11 is 0. The van der Waals surface area contributed by atoms with E-state index in [0.29, 0.717) is 13.2 Å². The average Bonchev–Trinajstić information content (AvgIpc) is 3.22. The van der Waals surface area contributed by atoms with Gasteiger partial charge in [-0.2, -0.15) is 0 Å². The van der Waals surface area contributed by atoms with E-state index in [2.05, 4.69) is 0 Å². The average molecular weight is 377 g/mol. The zero-order valence-electron chi connectivity index (χ0n) is 15.9. The molecule has 0 saturated carbocycles. The van der Waals surface area contributed by atoms with E-state index in [1.54, 1.807) is 18.9 Å². The van der Waals surface area contributed by atoms with Crippen molar-refractivity contribution in [2.24, 2.45) is 0 Å². The number of aryl methyl sites for hydroxylation is 1. The fraction of sp³-hybridized carbons (Fsp3) is 0.600. The third-order valence-electron chi connectivity index (χ3n) is 4.93. The lowest BCUT2D eigenvalue weighted by Gasteiger charge is -2.29. The molecule has 0 radical (unpaired) electrons. The van der Waals surface area contributed by atoms with E-state index >= 15 is 0 Å². The first kappa shape index (κ1) is 19.6. The van der Waals surface area contributed by atoms with Gasteiger partial charge in [-0.1, -0.05) is 0 Å². The molecule has 1 aromatic rings. The minimum atomic E-state index is -0.722. The Kier molecular flexibility index (Phi) is 6.68. The molecule has 2 aliphatic heterocycles. The summed E-state index contributed by atoms with van der Waals surface area (Å²) in [5.74, 6) is 0.000737. The third kappa shape index (κ3) is 4.99. The second kappa shape index (κ2) is 9.19. The van der Waals surface area contributed by atoms with Crippen molar-refractivity contribution in [3.63, 3.8) is 0 Å². The van der Waals surface area contributed by atoms with Gasteiger partial charge in [0.05, 0.1) is 19.8 Å². The second-order valence-electron chi connectivity index (χ2n) is 6.86. The van der Waals surface area contributed by atoms with Crippen molar-refractivity contribution in [1.82, 2.24) is 0 Å². The predicted molar refractivity (Wildman–Crippen MR) is 99.0 cm³/mol. The van der Waals surface area contributed by atoms with E-state index in [0.717, 1.165) is 49.3 Å². The molecule has 2 atom stereocenters. The van der Waals surface area contributed by atoms with E-state index in [-0.39, 0.29) is 18.6 Å². The van der Waals surface area contributed by atoms with E-state index in [1.165, 1.54) is 0 Å². The lowest BCUT2D eigenvalue weighted by Crippen LogP contribution is -2.39. The van der Waals surface area contributed by atoms with Crippen LogP contribution in [0.15, 0.2) is 18.2 Å². The van der Waals surface area contributed by atoms with Gasteiger partial charge in [-0.15, -0.1) is 0 Å². The summed E-state index contributed by atoms with van der Waals surface area (Å²) in [6.07, 6.45) is 3.04. The fourth-order valence-electron chi connectivity index (χ4n) is 3.38. The molecule has 1 saturated heterocycles. The Labute approximate surface area is 159 Å². The first-order valence-corrected chi connectivity index (χ1v) is 9.45. The van der Waals surface area contributed by atoms with Gasteiger partial charge in [0.2, 0.25) is 0 Å². The molecule has 1 fully saturated rings. The SMILES string of the molecule is COc1ccc2c(c1)CCCN2C(=O)COC(=O)C(C)OCC1CCCO1. The van der Waals surface area contributed by atoms with Crippen molar-refractivity contribution in [2.75, 3.05) is 38.4 Å². The molecule has 3 rings (SSSR count). The largest absolute Gasteiger partial charge is 0.497 e. The molecule has 148 valence electrons. The van der Waals surface area contributed by atoms with Crippen LogP contribution in [-0.2, 0) is 30.2 Å². The van der Waals surface area contributed by atoms with Crippen LogP contribution < -0.4 is 9.64 Å². The quantitative estimate of drug-likeness (QED) is 0.678. The Morgan fingerprint density at radius 2 is 2.19 bits per heavy atom. The maximum absolute atomic E-state index is 12.6. The van der Waals surface area contributed by atoms with Crippen LogP contribution >= 0.6 is 0 Å². The highest BCUT2D eigenvalue weighted by atomic mass is 16.6. The summed E-state index contributed by atoms with van der Waals surface area (Å²) < 4.78 is 21.4. The molecule has 0 aliphatic carbocycles. The van der Waals surface area contributed by atoms with Crippen LogP contribution in [0.3, 0.4) is 0 Å². The summed E-state index contributed by atoms with van der Waals surface area (Å²) in [4.78, 5) is 26.3. The first-order chi connectivity index (χ1) is 13.1. The van der Waals surface area contributed by atoms with Crippen molar-refractivity contribution < 1.29 is 28.5 Å². The standard InChI is InChI=1S/C20H27NO6/c1-14(26-12-17-6-4-10-25-17)20(23)27-13-19(22)21-9-3-5-15-11-16(24-2)7-8-18(15)21/h7-8,11,14,17H,3-6,9-10,12-13H2,1-2H3. The Balaban J connectivity index is 1.49.